The van der Waals surface area contributed by atoms with Crippen LogP contribution >= 0.6 is 0 Å². The molecule has 0 fully saturated rings. The minimum absolute atomic E-state index is 0.00350. The molecule has 0 saturated carbocycles. The second-order valence-electron chi connectivity index (χ2n) is 6.83. The molecule has 0 aliphatic carbocycles. The van der Waals surface area contributed by atoms with Crippen molar-refractivity contribution in [1.82, 2.24) is 0 Å². The van der Waals surface area contributed by atoms with Gasteiger partial charge >= 0.3 is 0 Å². The molecule has 2 rings (SSSR count). The maximum atomic E-state index is 12.3. The van der Waals surface area contributed by atoms with Crippen LogP contribution in [0.2, 0.25) is 0 Å². The Bertz CT molecular complexity index is 759. The van der Waals surface area contributed by atoms with Crippen molar-refractivity contribution in [3.8, 4) is 0 Å². The largest absolute Gasteiger partial charge is 0.397 e. The maximum Gasteiger partial charge on any atom is 0.255 e. The number of nitrogens with one attached hydrogen (secondary N) is 2. The average molecular weight is 383 g/mol. The van der Waals surface area contributed by atoms with Crippen LogP contribution in [0.3, 0.4) is 0 Å². The van der Waals surface area contributed by atoms with Gasteiger partial charge in [-0.25, -0.2) is 0 Å². The van der Waals surface area contributed by atoms with Gasteiger partial charge in [-0.1, -0.05) is 37.8 Å². The van der Waals surface area contributed by atoms with Gasteiger partial charge in [0.15, 0.2) is 0 Å². The highest BCUT2D eigenvalue weighted by atomic mass is 16.2. The van der Waals surface area contributed by atoms with Crippen LogP contribution < -0.4 is 22.1 Å². The van der Waals surface area contributed by atoms with E-state index in [4.69, 9.17) is 11.5 Å². The fraction of sp³-hybridized carbons (Fsp3) is 0.364. The van der Waals surface area contributed by atoms with Gasteiger partial charge in [0.1, 0.15) is 0 Å². The summed E-state index contributed by atoms with van der Waals surface area (Å²) in [6.07, 6.45) is 7.01. The van der Waals surface area contributed by atoms with Crippen LogP contribution in [0.1, 0.15) is 55.3 Å². The highest BCUT2D eigenvalue weighted by Gasteiger charge is 2.08. The Kier molecular flexibility index (Phi) is 9.01. The van der Waals surface area contributed by atoms with Gasteiger partial charge in [-0.3, -0.25) is 9.59 Å². The SMILES string of the molecule is NCCCCCCCCC(=O)Nc1ccc(C(=O)Nc2ccccc2N)cc1. The van der Waals surface area contributed by atoms with Crippen molar-refractivity contribution in [3.63, 3.8) is 0 Å². The molecule has 28 heavy (non-hydrogen) atoms. The van der Waals surface area contributed by atoms with E-state index in [-0.39, 0.29) is 11.8 Å². The zero-order valence-electron chi connectivity index (χ0n) is 16.2. The molecule has 2 amide bonds. The van der Waals surface area contributed by atoms with Crippen molar-refractivity contribution in [2.24, 2.45) is 5.73 Å². The second-order valence-corrected chi connectivity index (χ2v) is 6.83. The zero-order valence-corrected chi connectivity index (χ0v) is 16.2. The number of nitrogen functional groups attached to an aromatic ring is 1. The van der Waals surface area contributed by atoms with Gasteiger partial charge in [-0.15, -0.1) is 0 Å². The lowest BCUT2D eigenvalue weighted by Crippen LogP contribution is -2.14. The van der Waals surface area contributed by atoms with Gasteiger partial charge in [0.25, 0.3) is 5.91 Å². The minimum Gasteiger partial charge on any atom is -0.397 e. The topological polar surface area (TPSA) is 110 Å². The lowest BCUT2D eigenvalue weighted by atomic mass is 10.1. The average Bonchev–Trinajstić information content (AvgIpc) is 2.69. The number of carbonyl (C=O) groups excluding carboxylic acids is 2. The van der Waals surface area contributed by atoms with Crippen molar-refractivity contribution < 1.29 is 9.59 Å². The monoisotopic (exact) mass is 382 g/mol. The second kappa shape index (κ2) is 11.8. The molecular weight excluding hydrogens is 352 g/mol. The minimum atomic E-state index is -0.245. The van der Waals surface area contributed by atoms with Crippen molar-refractivity contribution in [3.05, 3.63) is 54.1 Å². The fourth-order valence-electron chi connectivity index (χ4n) is 2.87. The third-order valence-corrected chi connectivity index (χ3v) is 4.50. The van der Waals surface area contributed by atoms with E-state index in [1.807, 2.05) is 12.1 Å². The Morgan fingerprint density at radius 3 is 2.11 bits per heavy atom. The quantitative estimate of drug-likeness (QED) is 0.346. The van der Waals surface area contributed by atoms with Crippen molar-refractivity contribution >= 4 is 28.9 Å². The molecule has 6 heteroatoms. The first kappa shape index (κ1) is 21.4. The van der Waals surface area contributed by atoms with Gasteiger partial charge < -0.3 is 22.1 Å². The fourth-order valence-corrected chi connectivity index (χ4v) is 2.87. The van der Waals surface area contributed by atoms with E-state index in [9.17, 15) is 9.59 Å². The third kappa shape index (κ3) is 7.40. The van der Waals surface area contributed by atoms with Crippen molar-refractivity contribution in [2.75, 3.05) is 22.9 Å². The molecule has 0 atom stereocenters. The molecule has 0 heterocycles. The number of nitrogens with two attached hydrogens (primary N) is 2. The molecule has 0 aromatic heterocycles. The van der Waals surface area contributed by atoms with E-state index in [0.717, 1.165) is 32.2 Å². The highest BCUT2D eigenvalue weighted by Crippen LogP contribution is 2.18. The summed E-state index contributed by atoms with van der Waals surface area (Å²) in [6.45, 7) is 0.753. The first-order valence-corrected chi connectivity index (χ1v) is 9.86. The number of amides is 2. The van der Waals surface area contributed by atoms with Crippen LogP contribution in [0, 0.1) is 0 Å². The number of rotatable bonds is 11. The first-order valence-electron chi connectivity index (χ1n) is 9.86. The number of benzene rings is 2. The molecule has 150 valence electrons. The lowest BCUT2D eigenvalue weighted by molar-refractivity contribution is -0.116. The van der Waals surface area contributed by atoms with Crippen LogP contribution in [0.5, 0.6) is 0 Å². The molecule has 6 nitrogen and oxygen atoms in total. The lowest BCUT2D eigenvalue weighted by Gasteiger charge is -2.09. The molecule has 0 bridgehead atoms. The number of anilines is 3. The van der Waals surface area contributed by atoms with Crippen LogP contribution in [0.15, 0.2) is 48.5 Å². The summed E-state index contributed by atoms with van der Waals surface area (Å²) < 4.78 is 0. The molecule has 0 aliphatic heterocycles. The van der Waals surface area contributed by atoms with Crippen LogP contribution in [0.4, 0.5) is 17.1 Å². The van der Waals surface area contributed by atoms with E-state index in [1.165, 1.54) is 12.8 Å². The Morgan fingerprint density at radius 2 is 1.43 bits per heavy atom. The molecule has 0 unspecified atom stereocenters. The normalized spacial score (nSPS) is 10.5. The Labute approximate surface area is 166 Å². The maximum absolute atomic E-state index is 12.3. The molecule has 2 aromatic carbocycles. The van der Waals surface area contributed by atoms with E-state index < -0.39 is 0 Å². The number of carbonyl (C=O) groups is 2. The molecular formula is C22H30N4O2. The van der Waals surface area contributed by atoms with Crippen LogP contribution in [-0.4, -0.2) is 18.4 Å². The van der Waals surface area contributed by atoms with Gasteiger partial charge in [0.05, 0.1) is 11.4 Å². The highest BCUT2D eigenvalue weighted by molar-refractivity contribution is 6.06. The standard InChI is InChI=1S/C22H30N4O2/c23-16-8-4-2-1-3-5-11-21(27)25-18-14-12-17(13-15-18)22(28)26-20-10-7-6-9-19(20)24/h6-7,9-10,12-15H,1-5,8,11,16,23-24H2,(H,25,27)(H,26,28). The van der Waals surface area contributed by atoms with Gasteiger partial charge in [-0.05, 0) is 55.8 Å². The van der Waals surface area contributed by atoms with Crippen molar-refractivity contribution in [2.45, 2.75) is 44.9 Å². The molecule has 0 radical (unpaired) electrons. The molecule has 6 N–H and O–H groups in total. The number of para-hydroxylation sites is 2. The summed E-state index contributed by atoms with van der Waals surface area (Å²) in [7, 11) is 0. The summed E-state index contributed by atoms with van der Waals surface area (Å²) in [5.74, 6) is -0.248. The number of hydrogen-bond acceptors (Lipinski definition) is 4. The van der Waals surface area contributed by atoms with E-state index >= 15 is 0 Å². The molecule has 0 spiro atoms. The molecule has 0 saturated heterocycles. The summed E-state index contributed by atoms with van der Waals surface area (Å²) in [5, 5.41) is 5.65. The Morgan fingerprint density at radius 1 is 0.786 bits per heavy atom. The van der Waals surface area contributed by atoms with E-state index in [0.29, 0.717) is 29.0 Å². The first-order chi connectivity index (χ1) is 13.6. The molecule has 2 aromatic rings. The van der Waals surface area contributed by atoms with E-state index in [1.54, 1.807) is 36.4 Å². The number of hydrogen-bond donors (Lipinski definition) is 4. The predicted octanol–water partition coefficient (Wildman–Crippen LogP) is 4.15. The van der Waals surface area contributed by atoms with Gasteiger partial charge in [0.2, 0.25) is 5.91 Å². The van der Waals surface area contributed by atoms with Crippen LogP contribution in [0.25, 0.3) is 0 Å². The predicted molar refractivity (Wildman–Crippen MR) is 115 cm³/mol. The smallest absolute Gasteiger partial charge is 0.255 e. The van der Waals surface area contributed by atoms with Crippen LogP contribution in [-0.2, 0) is 4.79 Å². The van der Waals surface area contributed by atoms with Gasteiger partial charge in [-0.2, -0.15) is 0 Å². The zero-order chi connectivity index (χ0) is 20.2. The van der Waals surface area contributed by atoms with Gasteiger partial charge in [0, 0.05) is 17.7 Å². The summed E-state index contributed by atoms with van der Waals surface area (Å²) >= 11 is 0. The summed E-state index contributed by atoms with van der Waals surface area (Å²) in [6, 6.07) is 13.9. The Hall–Kier alpha value is -2.86. The van der Waals surface area contributed by atoms with E-state index in [2.05, 4.69) is 10.6 Å². The Balaban J connectivity index is 1.73. The summed E-state index contributed by atoms with van der Waals surface area (Å²) in [4.78, 5) is 24.3. The summed E-state index contributed by atoms with van der Waals surface area (Å²) in [5.41, 5.74) is 13.6. The molecule has 0 aliphatic rings. The van der Waals surface area contributed by atoms with Crippen molar-refractivity contribution in [1.29, 1.82) is 0 Å². The number of unbranched alkanes of at least 4 members (excludes halogenated alkanes) is 5. The third-order valence-electron chi connectivity index (χ3n) is 4.50.